The molecule has 1 aliphatic heterocycles. The van der Waals surface area contributed by atoms with Crippen molar-refractivity contribution in [3.63, 3.8) is 0 Å². The Hall–Kier alpha value is -1.57. The topological polar surface area (TPSA) is 20.3 Å². The summed E-state index contributed by atoms with van der Waals surface area (Å²) in [6.07, 6.45) is 6.09. The molecule has 1 amide bonds. The van der Waals surface area contributed by atoms with Crippen molar-refractivity contribution < 1.29 is 4.79 Å². The zero-order valence-electron chi connectivity index (χ0n) is 10.3. The normalized spacial score (nSPS) is 36.1. The number of allylic oxidation sites excluding steroid dienone is 2. The van der Waals surface area contributed by atoms with E-state index >= 15 is 0 Å². The number of carbonyl (C=O) groups excluding carboxylic acids is 1. The Morgan fingerprint density at radius 2 is 1.61 bits per heavy atom. The molecule has 4 atom stereocenters. The second-order valence-electron chi connectivity index (χ2n) is 5.85. The highest BCUT2D eigenvalue weighted by molar-refractivity contribution is 5.94. The maximum Gasteiger partial charge on any atom is 0.253 e. The second-order valence-corrected chi connectivity index (χ2v) is 5.85. The molecule has 0 spiro atoms. The van der Waals surface area contributed by atoms with Gasteiger partial charge in [-0.3, -0.25) is 4.79 Å². The van der Waals surface area contributed by atoms with Crippen LogP contribution in [0.4, 0.5) is 0 Å². The van der Waals surface area contributed by atoms with Crippen molar-refractivity contribution in [2.24, 2.45) is 23.7 Å². The quantitative estimate of drug-likeness (QED) is 0.690. The summed E-state index contributed by atoms with van der Waals surface area (Å²) in [6, 6.07) is 9.68. The highest BCUT2D eigenvalue weighted by Gasteiger charge is 2.50. The van der Waals surface area contributed by atoms with Crippen LogP contribution >= 0.6 is 0 Å². The average Bonchev–Trinajstić information content (AvgIpc) is 3.10. The van der Waals surface area contributed by atoms with Crippen molar-refractivity contribution in [2.75, 3.05) is 13.1 Å². The highest BCUT2D eigenvalue weighted by Crippen LogP contribution is 2.51. The van der Waals surface area contributed by atoms with Gasteiger partial charge in [-0.2, -0.15) is 0 Å². The van der Waals surface area contributed by atoms with E-state index in [1.54, 1.807) is 0 Å². The summed E-state index contributed by atoms with van der Waals surface area (Å²) >= 11 is 0. The number of rotatable bonds is 1. The summed E-state index contributed by atoms with van der Waals surface area (Å²) < 4.78 is 0. The smallest absolute Gasteiger partial charge is 0.253 e. The van der Waals surface area contributed by atoms with E-state index < -0.39 is 0 Å². The first kappa shape index (κ1) is 10.4. The fourth-order valence-electron chi connectivity index (χ4n) is 4.08. The Labute approximate surface area is 107 Å². The van der Waals surface area contributed by atoms with Crippen LogP contribution in [0.2, 0.25) is 0 Å². The molecule has 1 aromatic carbocycles. The molecule has 4 unspecified atom stereocenters. The van der Waals surface area contributed by atoms with E-state index in [9.17, 15) is 4.79 Å². The summed E-state index contributed by atoms with van der Waals surface area (Å²) in [4.78, 5) is 14.5. The fraction of sp³-hybridized carbons (Fsp3) is 0.438. The Kier molecular flexibility index (Phi) is 2.14. The Bertz CT molecular complexity index is 487. The molecule has 2 bridgehead atoms. The third-order valence-corrected chi connectivity index (χ3v) is 4.97. The van der Waals surface area contributed by atoms with Crippen LogP contribution in [0.1, 0.15) is 16.8 Å². The summed E-state index contributed by atoms with van der Waals surface area (Å²) in [6.45, 7) is 1.92. The predicted octanol–water partition coefficient (Wildman–Crippen LogP) is 2.58. The van der Waals surface area contributed by atoms with Crippen LogP contribution in [0, 0.1) is 23.7 Å². The van der Waals surface area contributed by atoms with Crippen LogP contribution in [0.3, 0.4) is 0 Å². The summed E-state index contributed by atoms with van der Waals surface area (Å²) in [5.74, 6) is 3.16. The summed E-state index contributed by atoms with van der Waals surface area (Å²) in [5.41, 5.74) is 0.831. The van der Waals surface area contributed by atoms with Gasteiger partial charge in [0, 0.05) is 18.7 Å². The number of carbonyl (C=O) groups is 1. The van der Waals surface area contributed by atoms with Crippen LogP contribution in [0.15, 0.2) is 42.5 Å². The van der Waals surface area contributed by atoms with Gasteiger partial charge in [0.1, 0.15) is 0 Å². The maximum atomic E-state index is 12.4. The van der Waals surface area contributed by atoms with Crippen molar-refractivity contribution >= 4 is 5.91 Å². The molecule has 3 aliphatic rings. The third kappa shape index (κ3) is 1.38. The number of amides is 1. The molecule has 1 aromatic rings. The summed E-state index contributed by atoms with van der Waals surface area (Å²) in [5, 5.41) is 0. The molecule has 4 rings (SSSR count). The monoisotopic (exact) mass is 239 g/mol. The zero-order chi connectivity index (χ0) is 12.1. The van der Waals surface area contributed by atoms with Gasteiger partial charge in [-0.05, 0) is 42.2 Å². The lowest BCUT2D eigenvalue weighted by Crippen LogP contribution is -2.30. The predicted molar refractivity (Wildman–Crippen MR) is 70.1 cm³/mol. The van der Waals surface area contributed by atoms with Crippen LogP contribution in [-0.4, -0.2) is 23.9 Å². The molecule has 18 heavy (non-hydrogen) atoms. The number of benzene rings is 1. The lowest BCUT2D eigenvalue weighted by molar-refractivity contribution is 0.0777. The molecular formula is C16H17NO. The van der Waals surface area contributed by atoms with Gasteiger partial charge >= 0.3 is 0 Å². The number of likely N-dealkylation sites (tertiary alicyclic amines) is 1. The fourth-order valence-corrected chi connectivity index (χ4v) is 4.08. The van der Waals surface area contributed by atoms with Gasteiger partial charge in [0.25, 0.3) is 5.91 Å². The van der Waals surface area contributed by atoms with Crippen LogP contribution in [-0.2, 0) is 0 Å². The van der Waals surface area contributed by atoms with Gasteiger partial charge in [0.05, 0.1) is 0 Å². The minimum Gasteiger partial charge on any atom is -0.338 e. The van der Waals surface area contributed by atoms with Crippen molar-refractivity contribution in [1.82, 2.24) is 4.90 Å². The molecule has 1 saturated heterocycles. The molecule has 92 valence electrons. The van der Waals surface area contributed by atoms with Crippen LogP contribution in [0.25, 0.3) is 0 Å². The van der Waals surface area contributed by atoms with Gasteiger partial charge in [-0.1, -0.05) is 30.4 Å². The van der Waals surface area contributed by atoms with Crippen LogP contribution < -0.4 is 0 Å². The van der Waals surface area contributed by atoms with E-state index in [0.717, 1.165) is 42.3 Å². The molecule has 2 heteroatoms. The number of hydrogen-bond donors (Lipinski definition) is 0. The molecule has 0 aromatic heterocycles. The zero-order valence-corrected chi connectivity index (χ0v) is 10.3. The van der Waals surface area contributed by atoms with Crippen molar-refractivity contribution in [1.29, 1.82) is 0 Å². The molecule has 1 heterocycles. The molecular weight excluding hydrogens is 222 g/mol. The standard InChI is InChI=1S/C16H17NO/c18-16(11-4-2-1-3-5-11)17-9-14-12-6-7-13(8-12)15(14)10-17/h1-7,12-15H,8-10H2. The van der Waals surface area contributed by atoms with Crippen molar-refractivity contribution in [2.45, 2.75) is 6.42 Å². The van der Waals surface area contributed by atoms with Crippen molar-refractivity contribution in [3.8, 4) is 0 Å². The number of fused-ring (bicyclic) bond motifs is 5. The molecule has 2 nitrogen and oxygen atoms in total. The van der Waals surface area contributed by atoms with E-state index in [4.69, 9.17) is 0 Å². The first-order valence-corrected chi connectivity index (χ1v) is 6.85. The van der Waals surface area contributed by atoms with E-state index in [2.05, 4.69) is 17.1 Å². The minimum atomic E-state index is 0.212. The van der Waals surface area contributed by atoms with Gasteiger partial charge < -0.3 is 4.90 Å². The van der Waals surface area contributed by atoms with E-state index in [1.807, 2.05) is 30.3 Å². The lowest BCUT2D eigenvalue weighted by Gasteiger charge is -2.18. The first-order valence-electron chi connectivity index (χ1n) is 6.85. The average molecular weight is 239 g/mol. The Morgan fingerprint density at radius 3 is 2.22 bits per heavy atom. The Balaban J connectivity index is 1.54. The van der Waals surface area contributed by atoms with Gasteiger partial charge in [0.2, 0.25) is 0 Å². The largest absolute Gasteiger partial charge is 0.338 e. The molecule has 0 radical (unpaired) electrons. The van der Waals surface area contributed by atoms with Gasteiger partial charge in [-0.25, -0.2) is 0 Å². The van der Waals surface area contributed by atoms with E-state index in [1.165, 1.54) is 6.42 Å². The molecule has 2 fully saturated rings. The minimum absolute atomic E-state index is 0.212. The maximum absolute atomic E-state index is 12.4. The lowest BCUT2D eigenvalue weighted by atomic mass is 9.86. The van der Waals surface area contributed by atoms with E-state index in [-0.39, 0.29) is 5.91 Å². The van der Waals surface area contributed by atoms with E-state index in [0.29, 0.717) is 0 Å². The molecule has 1 saturated carbocycles. The van der Waals surface area contributed by atoms with Gasteiger partial charge in [-0.15, -0.1) is 0 Å². The summed E-state index contributed by atoms with van der Waals surface area (Å²) in [7, 11) is 0. The SMILES string of the molecule is O=C(c1ccccc1)N1CC2C3C=CC(C3)C2C1. The van der Waals surface area contributed by atoms with Crippen molar-refractivity contribution in [3.05, 3.63) is 48.0 Å². The molecule has 2 aliphatic carbocycles. The Morgan fingerprint density at radius 1 is 1.00 bits per heavy atom. The molecule has 0 N–H and O–H groups in total. The van der Waals surface area contributed by atoms with Gasteiger partial charge in [0.15, 0.2) is 0 Å². The highest BCUT2D eigenvalue weighted by atomic mass is 16.2. The van der Waals surface area contributed by atoms with Crippen LogP contribution in [0.5, 0.6) is 0 Å². The third-order valence-electron chi connectivity index (χ3n) is 4.97. The second kappa shape index (κ2) is 3.71. The number of hydrogen-bond acceptors (Lipinski definition) is 1. The first-order chi connectivity index (χ1) is 8.83. The number of nitrogens with zero attached hydrogens (tertiary/aromatic N) is 1.